The Hall–Kier alpha value is -4.33. The van der Waals surface area contributed by atoms with Crippen molar-refractivity contribution in [2.24, 2.45) is 5.14 Å². The minimum atomic E-state index is -4.26. The van der Waals surface area contributed by atoms with Gasteiger partial charge in [-0.1, -0.05) is 18.2 Å². The molecule has 13 heteroatoms. The summed E-state index contributed by atoms with van der Waals surface area (Å²) in [6, 6.07) is 13.7. The number of aromatic nitrogens is 3. The predicted octanol–water partition coefficient (Wildman–Crippen LogP) is 6.37. The van der Waals surface area contributed by atoms with E-state index >= 15 is 4.39 Å². The molecule has 226 valence electrons. The second-order valence-corrected chi connectivity index (χ2v) is 12.7. The number of ether oxygens (including phenoxy) is 1. The molecule has 0 amide bonds. The Balaban J connectivity index is 1.53. The number of benzene rings is 3. The first kappa shape index (κ1) is 29.7. The van der Waals surface area contributed by atoms with Crippen LogP contribution in [0.2, 0.25) is 0 Å². The molecule has 1 aliphatic carbocycles. The van der Waals surface area contributed by atoms with E-state index in [1.54, 1.807) is 35.2 Å². The molecule has 0 unspecified atom stereocenters. The van der Waals surface area contributed by atoms with Gasteiger partial charge >= 0.3 is 5.97 Å². The fourth-order valence-electron chi connectivity index (χ4n) is 5.09. The number of thiazole rings is 1. The van der Waals surface area contributed by atoms with Crippen molar-refractivity contribution in [3.05, 3.63) is 106 Å². The minimum absolute atomic E-state index is 0.0814. The molecular weight excluding hydrogens is 613 g/mol. The number of nitrogens with zero attached hydrogens (tertiary/aromatic N) is 3. The number of esters is 1. The van der Waals surface area contributed by atoms with Gasteiger partial charge in [-0.25, -0.2) is 41.2 Å². The van der Waals surface area contributed by atoms with Crippen LogP contribution < -0.4 is 5.14 Å². The molecule has 1 aliphatic rings. The molecule has 5 aromatic rings. The maximum absolute atomic E-state index is 15.1. The largest absolute Gasteiger partial charge is 0.461 e. The van der Waals surface area contributed by atoms with Gasteiger partial charge in [0.15, 0.2) is 5.69 Å². The van der Waals surface area contributed by atoms with E-state index in [0.717, 1.165) is 30.7 Å². The monoisotopic (exact) mass is 638 g/mol. The number of nitrogens with two attached hydrogens (primary N) is 1. The van der Waals surface area contributed by atoms with Crippen LogP contribution in [0.15, 0.2) is 70.9 Å². The first-order valence-electron chi connectivity index (χ1n) is 13.7. The molecule has 0 radical (unpaired) electrons. The highest BCUT2D eigenvalue weighted by Gasteiger charge is 2.34. The van der Waals surface area contributed by atoms with Gasteiger partial charge in [0.25, 0.3) is 0 Å². The topological polar surface area (TPSA) is 117 Å². The number of halogens is 3. The number of rotatable bonds is 9. The molecular formula is C31H25F3N4O4S2. The molecule has 1 saturated carbocycles. The van der Waals surface area contributed by atoms with Gasteiger partial charge in [0, 0.05) is 34.4 Å². The lowest BCUT2D eigenvalue weighted by Gasteiger charge is -2.10. The van der Waals surface area contributed by atoms with Crippen molar-refractivity contribution in [1.82, 2.24) is 14.8 Å². The van der Waals surface area contributed by atoms with Gasteiger partial charge in [-0.3, -0.25) is 0 Å². The summed E-state index contributed by atoms with van der Waals surface area (Å²) >= 11 is 1.20. The Morgan fingerprint density at radius 1 is 1.05 bits per heavy atom. The molecule has 0 atom stereocenters. The molecule has 0 aliphatic heterocycles. The van der Waals surface area contributed by atoms with E-state index in [4.69, 9.17) is 15.0 Å². The van der Waals surface area contributed by atoms with Gasteiger partial charge in [0.05, 0.1) is 18.0 Å². The zero-order valence-corrected chi connectivity index (χ0v) is 24.9. The number of carbonyl (C=O) groups excluding carboxylic acids is 1. The quantitative estimate of drug-likeness (QED) is 0.188. The maximum atomic E-state index is 15.1. The standard InChI is InChI=1S/C31H25F3N4O4S2/c1-2-42-30(39)26-16-43-31(36-26)38-29(18-7-8-18)23(12-17-6-11-27(25(34)13-17)44(35,40)41)28(37-38)20-9-10-24(33)22(15-20)19-4-3-5-21(32)14-19/h3-6,9-11,13-16,18H,2,7-8,12H2,1H3,(H2,35,40,41). The Labute approximate surface area is 255 Å². The van der Waals surface area contributed by atoms with Crippen LogP contribution in [0.4, 0.5) is 13.2 Å². The first-order valence-corrected chi connectivity index (χ1v) is 16.1. The smallest absolute Gasteiger partial charge is 0.357 e. The van der Waals surface area contributed by atoms with Gasteiger partial charge in [-0.2, -0.15) is 5.10 Å². The van der Waals surface area contributed by atoms with E-state index in [-0.39, 0.29) is 30.2 Å². The van der Waals surface area contributed by atoms with Crippen LogP contribution in [0, 0.1) is 17.5 Å². The summed E-state index contributed by atoms with van der Waals surface area (Å²) in [5.41, 5.74) is 3.54. The van der Waals surface area contributed by atoms with Crippen molar-refractivity contribution in [1.29, 1.82) is 0 Å². The Bertz CT molecular complexity index is 2020. The number of hydrogen-bond acceptors (Lipinski definition) is 7. The Morgan fingerprint density at radius 3 is 2.52 bits per heavy atom. The second kappa shape index (κ2) is 11.6. The third-order valence-corrected chi connectivity index (χ3v) is 8.96. The molecule has 1 fully saturated rings. The Morgan fingerprint density at radius 2 is 1.84 bits per heavy atom. The van der Waals surface area contributed by atoms with E-state index in [2.05, 4.69) is 4.98 Å². The molecule has 2 heterocycles. The summed E-state index contributed by atoms with van der Waals surface area (Å²) in [7, 11) is -4.26. The van der Waals surface area contributed by atoms with Crippen molar-refractivity contribution in [2.75, 3.05) is 6.61 Å². The average Bonchev–Trinajstić information content (AvgIpc) is 3.56. The van der Waals surface area contributed by atoms with Crippen LogP contribution in [0.3, 0.4) is 0 Å². The van der Waals surface area contributed by atoms with E-state index in [1.165, 1.54) is 41.7 Å². The van der Waals surface area contributed by atoms with Crippen molar-refractivity contribution >= 4 is 27.3 Å². The molecule has 8 nitrogen and oxygen atoms in total. The highest BCUT2D eigenvalue weighted by molar-refractivity contribution is 7.89. The van der Waals surface area contributed by atoms with Crippen LogP contribution in [-0.4, -0.2) is 35.8 Å². The van der Waals surface area contributed by atoms with Crippen LogP contribution in [0.5, 0.6) is 0 Å². The number of hydrogen-bond donors (Lipinski definition) is 1. The number of carbonyl (C=O) groups is 1. The molecule has 2 N–H and O–H groups in total. The fraction of sp³-hybridized carbons (Fsp3) is 0.194. The summed E-state index contributed by atoms with van der Waals surface area (Å²) < 4.78 is 74.3. The number of sulfonamides is 1. The normalized spacial score (nSPS) is 13.3. The van der Waals surface area contributed by atoms with E-state index in [9.17, 15) is 22.0 Å². The van der Waals surface area contributed by atoms with Crippen LogP contribution >= 0.6 is 11.3 Å². The lowest BCUT2D eigenvalue weighted by Crippen LogP contribution is -2.14. The molecule has 0 bridgehead atoms. The summed E-state index contributed by atoms with van der Waals surface area (Å²) in [6.07, 6.45) is 1.85. The summed E-state index contributed by atoms with van der Waals surface area (Å²) in [6.45, 7) is 1.88. The maximum Gasteiger partial charge on any atom is 0.357 e. The Kier molecular flexibility index (Phi) is 7.86. The molecule has 44 heavy (non-hydrogen) atoms. The average molecular weight is 639 g/mol. The van der Waals surface area contributed by atoms with Gasteiger partial charge in [-0.05, 0) is 73.4 Å². The SMILES string of the molecule is CCOC(=O)c1csc(-n2nc(-c3ccc(F)c(-c4cccc(F)c4)c3)c(Cc3ccc(S(N)(=O)=O)c(F)c3)c2C2CC2)n1. The molecule has 3 aromatic carbocycles. The van der Waals surface area contributed by atoms with E-state index in [1.807, 2.05) is 0 Å². The highest BCUT2D eigenvalue weighted by atomic mass is 32.2. The molecule has 6 rings (SSSR count). The van der Waals surface area contributed by atoms with Crippen molar-refractivity contribution in [3.63, 3.8) is 0 Å². The van der Waals surface area contributed by atoms with E-state index in [0.29, 0.717) is 33.1 Å². The highest BCUT2D eigenvalue weighted by Crippen LogP contribution is 2.46. The lowest BCUT2D eigenvalue weighted by molar-refractivity contribution is 0.0520. The zero-order chi connectivity index (χ0) is 31.2. The van der Waals surface area contributed by atoms with Gasteiger partial charge in [0.2, 0.25) is 15.2 Å². The number of primary sulfonamides is 1. The van der Waals surface area contributed by atoms with Gasteiger partial charge < -0.3 is 4.74 Å². The van der Waals surface area contributed by atoms with Gasteiger partial charge in [-0.15, -0.1) is 11.3 Å². The van der Waals surface area contributed by atoms with Crippen molar-refractivity contribution in [2.45, 2.75) is 37.0 Å². The third kappa shape index (κ3) is 5.90. The fourth-order valence-corrected chi connectivity index (χ4v) is 6.44. The van der Waals surface area contributed by atoms with Crippen LogP contribution in [0.1, 0.15) is 53.0 Å². The first-order chi connectivity index (χ1) is 21.0. The summed E-state index contributed by atoms with van der Waals surface area (Å²) in [4.78, 5) is 16.2. The lowest BCUT2D eigenvalue weighted by atomic mass is 9.95. The van der Waals surface area contributed by atoms with Crippen LogP contribution in [0.25, 0.3) is 27.5 Å². The summed E-state index contributed by atoms with van der Waals surface area (Å²) in [5, 5.41) is 12.0. The molecule has 0 spiro atoms. The predicted molar refractivity (Wildman–Crippen MR) is 159 cm³/mol. The minimum Gasteiger partial charge on any atom is -0.461 e. The molecule has 2 aromatic heterocycles. The zero-order valence-electron chi connectivity index (χ0n) is 23.3. The van der Waals surface area contributed by atoms with Crippen LogP contribution in [-0.2, 0) is 21.2 Å². The van der Waals surface area contributed by atoms with Gasteiger partial charge in [0.1, 0.15) is 22.3 Å². The van der Waals surface area contributed by atoms with E-state index < -0.39 is 38.3 Å². The van der Waals surface area contributed by atoms with Crippen molar-refractivity contribution < 1.29 is 31.1 Å². The third-order valence-electron chi connectivity index (χ3n) is 7.20. The molecule has 0 saturated heterocycles. The summed E-state index contributed by atoms with van der Waals surface area (Å²) in [5.74, 6) is -2.54. The second-order valence-electron chi connectivity index (χ2n) is 10.3. The van der Waals surface area contributed by atoms with Crippen molar-refractivity contribution in [3.8, 4) is 27.5 Å².